The number of nitrogens with zero attached hydrogens (tertiary/aromatic N) is 1. The summed E-state index contributed by atoms with van der Waals surface area (Å²) < 4.78 is 12.0. The number of para-hydroxylation sites is 1. The molecule has 0 spiro atoms. The number of halogens is 1. The van der Waals surface area contributed by atoms with Crippen molar-refractivity contribution >= 4 is 41.2 Å². The van der Waals surface area contributed by atoms with Crippen LogP contribution in [0.4, 0.5) is 10.5 Å². The number of rotatable bonds is 9. The third kappa shape index (κ3) is 5.63. The number of imide groups is 2. The Morgan fingerprint density at radius 3 is 2.45 bits per heavy atom. The number of nitrogens with one attached hydrogen (secondary N) is 1. The van der Waals surface area contributed by atoms with E-state index < -0.39 is 17.8 Å². The Kier molecular flexibility index (Phi) is 8.28. The fraction of sp³-hybridized carbons (Fsp3) is 0.167. The number of aryl methyl sites for hydroxylation is 1. The summed E-state index contributed by atoms with van der Waals surface area (Å²) in [5.41, 5.74) is 3.05. The van der Waals surface area contributed by atoms with Crippen molar-refractivity contribution in [2.24, 2.45) is 0 Å². The Hall–Kier alpha value is -4.36. The van der Waals surface area contributed by atoms with Crippen molar-refractivity contribution in [3.63, 3.8) is 0 Å². The lowest BCUT2D eigenvalue weighted by Gasteiger charge is -2.27. The summed E-state index contributed by atoms with van der Waals surface area (Å²) in [5, 5.41) is 2.85. The van der Waals surface area contributed by atoms with Crippen LogP contribution in [0.1, 0.15) is 29.2 Å². The summed E-state index contributed by atoms with van der Waals surface area (Å²) in [5.74, 6) is -0.520. The van der Waals surface area contributed by atoms with E-state index in [9.17, 15) is 14.4 Å². The number of hydrogen-bond acceptors (Lipinski definition) is 5. The van der Waals surface area contributed by atoms with E-state index in [1.807, 2.05) is 25.1 Å². The standard InChI is InChI=1S/C30H27ClN2O5/c1-4-10-21-15-20(17-26(37-5-2)27(21)38-18-22-12-7-8-13-24(22)31)16-23-28(34)32-30(36)33(29(23)35)25-14-9-6-11-19(25)3/h4,6-9,11-17H,1,5,10,18H2,2-3H3,(H,32,34,36)/b23-16+. The lowest BCUT2D eigenvalue weighted by molar-refractivity contribution is -0.122. The molecule has 0 bridgehead atoms. The van der Waals surface area contributed by atoms with E-state index in [1.54, 1.807) is 55.5 Å². The van der Waals surface area contributed by atoms with Gasteiger partial charge in [-0.2, -0.15) is 0 Å². The second kappa shape index (κ2) is 11.8. The van der Waals surface area contributed by atoms with Crippen molar-refractivity contribution in [2.45, 2.75) is 26.9 Å². The van der Waals surface area contributed by atoms with E-state index in [1.165, 1.54) is 6.08 Å². The average Bonchev–Trinajstić information content (AvgIpc) is 2.88. The number of benzene rings is 3. The molecule has 0 atom stereocenters. The van der Waals surface area contributed by atoms with Gasteiger partial charge in [-0.3, -0.25) is 14.9 Å². The molecule has 3 aromatic carbocycles. The van der Waals surface area contributed by atoms with Gasteiger partial charge in [0.1, 0.15) is 12.2 Å². The molecule has 1 fully saturated rings. The first-order valence-corrected chi connectivity index (χ1v) is 12.5. The van der Waals surface area contributed by atoms with Gasteiger partial charge in [-0.15, -0.1) is 6.58 Å². The molecule has 8 heteroatoms. The van der Waals surface area contributed by atoms with E-state index in [0.717, 1.165) is 21.6 Å². The molecule has 1 saturated heterocycles. The Labute approximate surface area is 226 Å². The minimum atomic E-state index is -0.794. The molecule has 1 N–H and O–H groups in total. The number of ether oxygens (including phenoxy) is 2. The predicted molar refractivity (Wildman–Crippen MR) is 147 cm³/mol. The van der Waals surface area contributed by atoms with Crippen LogP contribution in [-0.2, 0) is 22.6 Å². The van der Waals surface area contributed by atoms with Crippen LogP contribution in [0.2, 0.25) is 5.02 Å². The number of hydrogen-bond donors (Lipinski definition) is 1. The minimum Gasteiger partial charge on any atom is -0.490 e. The monoisotopic (exact) mass is 530 g/mol. The van der Waals surface area contributed by atoms with E-state index in [-0.39, 0.29) is 12.2 Å². The first kappa shape index (κ1) is 26.7. The topological polar surface area (TPSA) is 84.9 Å². The lowest BCUT2D eigenvalue weighted by Crippen LogP contribution is -2.54. The number of urea groups is 1. The van der Waals surface area contributed by atoms with Gasteiger partial charge >= 0.3 is 6.03 Å². The maximum Gasteiger partial charge on any atom is 0.335 e. The van der Waals surface area contributed by atoms with Crippen molar-refractivity contribution in [2.75, 3.05) is 11.5 Å². The molecular formula is C30H27ClN2O5. The van der Waals surface area contributed by atoms with Crippen LogP contribution in [0.5, 0.6) is 11.5 Å². The molecule has 1 aliphatic heterocycles. The summed E-state index contributed by atoms with van der Waals surface area (Å²) in [6.07, 6.45) is 3.62. The van der Waals surface area contributed by atoms with Gasteiger partial charge in [0.05, 0.1) is 12.3 Å². The van der Waals surface area contributed by atoms with Crippen molar-refractivity contribution in [3.8, 4) is 11.5 Å². The van der Waals surface area contributed by atoms with Gasteiger partial charge < -0.3 is 9.47 Å². The smallest absolute Gasteiger partial charge is 0.335 e. The van der Waals surface area contributed by atoms with Gasteiger partial charge in [-0.05, 0) is 61.7 Å². The largest absolute Gasteiger partial charge is 0.490 e. The van der Waals surface area contributed by atoms with Crippen LogP contribution < -0.4 is 19.7 Å². The summed E-state index contributed by atoms with van der Waals surface area (Å²) >= 11 is 6.30. The number of amides is 4. The van der Waals surface area contributed by atoms with E-state index in [0.29, 0.717) is 40.8 Å². The molecule has 194 valence electrons. The first-order chi connectivity index (χ1) is 18.3. The van der Waals surface area contributed by atoms with Gasteiger partial charge in [0.2, 0.25) is 0 Å². The normalized spacial score (nSPS) is 14.4. The van der Waals surface area contributed by atoms with Gasteiger partial charge in [0.15, 0.2) is 11.5 Å². The van der Waals surface area contributed by atoms with Crippen LogP contribution in [0.3, 0.4) is 0 Å². The van der Waals surface area contributed by atoms with E-state index in [2.05, 4.69) is 11.9 Å². The number of anilines is 1. The van der Waals surface area contributed by atoms with Crippen molar-refractivity contribution in [1.29, 1.82) is 0 Å². The van der Waals surface area contributed by atoms with Gasteiger partial charge in [0.25, 0.3) is 11.8 Å². The zero-order chi connectivity index (χ0) is 27.2. The van der Waals surface area contributed by atoms with E-state index >= 15 is 0 Å². The SMILES string of the molecule is C=CCc1cc(/C=C2\C(=O)NC(=O)N(c3ccccc3C)C2=O)cc(OCC)c1OCc1ccccc1Cl. The molecule has 1 heterocycles. The van der Waals surface area contributed by atoms with Gasteiger partial charge in [-0.1, -0.05) is 54.1 Å². The maximum absolute atomic E-state index is 13.4. The predicted octanol–water partition coefficient (Wildman–Crippen LogP) is 6.02. The molecule has 0 radical (unpaired) electrons. The molecular weight excluding hydrogens is 504 g/mol. The Morgan fingerprint density at radius 1 is 1.00 bits per heavy atom. The molecule has 38 heavy (non-hydrogen) atoms. The summed E-state index contributed by atoms with van der Waals surface area (Å²) in [4.78, 5) is 39.7. The summed E-state index contributed by atoms with van der Waals surface area (Å²) in [6, 6.07) is 17.1. The highest BCUT2D eigenvalue weighted by Gasteiger charge is 2.37. The highest BCUT2D eigenvalue weighted by molar-refractivity contribution is 6.39. The molecule has 0 aliphatic carbocycles. The second-order valence-electron chi connectivity index (χ2n) is 8.56. The zero-order valence-corrected chi connectivity index (χ0v) is 21.9. The van der Waals surface area contributed by atoms with Crippen LogP contribution in [-0.4, -0.2) is 24.5 Å². The molecule has 4 amide bonds. The third-order valence-electron chi connectivity index (χ3n) is 5.92. The van der Waals surface area contributed by atoms with Crippen LogP contribution in [0.15, 0.2) is 78.9 Å². The zero-order valence-electron chi connectivity index (χ0n) is 21.1. The van der Waals surface area contributed by atoms with Gasteiger partial charge in [-0.25, -0.2) is 9.69 Å². The molecule has 1 aliphatic rings. The van der Waals surface area contributed by atoms with Crippen LogP contribution >= 0.6 is 11.6 Å². The van der Waals surface area contributed by atoms with Crippen LogP contribution in [0, 0.1) is 6.92 Å². The molecule has 7 nitrogen and oxygen atoms in total. The van der Waals surface area contributed by atoms with Gasteiger partial charge in [0, 0.05) is 16.1 Å². The maximum atomic E-state index is 13.4. The van der Waals surface area contributed by atoms with Crippen LogP contribution in [0.25, 0.3) is 6.08 Å². The van der Waals surface area contributed by atoms with Crippen molar-refractivity contribution in [3.05, 3.63) is 106 Å². The molecule has 0 unspecified atom stereocenters. The Bertz CT molecular complexity index is 1450. The number of carbonyl (C=O) groups is 3. The Morgan fingerprint density at radius 2 is 1.74 bits per heavy atom. The highest BCUT2D eigenvalue weighted by Crippen LogP contribution is 2.36. The quantitative estimate of drug-likeness (QED) is 0.208. The minimum absolute atomic E-state index is 0.176. The average molecular weight is 531 g/mol. The molecule has 0 saturated carbocycles. The fourth-order valence-corrected chi connectivity index (χ4v) is 4.31. The van der Waals surface area contributed by atoms with Crippen molar-refractivity contribution in [1.82, 2.24) is 5.32 Å². The Balaban J connectivity index is 1.74. The second-order valence-corrected chi connectivity index (χ2v) is 8.96. The first-order valence-electron chi connectivity index (χ1n) is 12.1. The number of barbiturate groups is 1. The number of allylic oxidation sites excluding steroid dienone is 1. The summed E-state index contributed by atoms with van der Waals surface area (Å²) in [7, 11) is 0. The van der Waals surface area contributed by atoms with Crippen molar-refractivity contribution < 1.29 is 23.9 Å². The number of carbonyl (C=O) groups excluding carboxylic acids is 3. The fourth-order valence-electron chi connectivity index (χ4n) is 4.12. The molecule has 4 rings (SSSR count). The molecule has 3 aromatic rings. The molecule has 0 aromatic heterocycles. The van der Waals surface area contributed by atoms with E-state index in [4.69, 9.17) is 21.1 Å². The lowest BCUT2D eigenvalue weighted by atomic mass is 10.0. The summed E-state index contributed by atoms with van der Waals surface area (Å²) in [6.45, 7) is 8.06. The highest BCUT2D eigenvalue weighted by atomic mass is 35.5. The third-order valence-corrected chi connectivity index (χ3v) is 6.29.